The average molecular weight is 1770 g/mol. The first-order valence-corrected chi connectivity index (χ1v) is 43.5. The Labute approximate surface area is 635 Å². The third kappa shape index (κ3) is 26.5. The molecule has 0 aliphatic rings. The molecule has 0 atom stereocenters. The number of benzene rings is 12. The van der Waals surface area contributed by atoms with E-state index in [1.165, 1.54) is 130 Å². The van der Waals surface area contributed by atoms with E-state index >= 15 is 0 Å². The predicted octanol–water partition coefficient (Wildman–Crippen LogP) is 19.0. The number of rotatable bonds is 12. The summed E-state index contributed by atoms with van der Waals surface area (Å²) in [5.74, 6) is 12.4. The fourth-order valence-electron chi connectivity index (χ4n) is 10.2. The number of hydrogen-bond acceptors (Lipinski definition) is 0. The monoisotopic (exact) mass is 1770 g/mol. The van der Waals surface area contributed by atoms with Gasteiger partial charge >= 0.3 is 56.4 Å². The molecular formula is C92H84Cl2P4Pt2. The van der Waals surface area contributed by atoms with Crippen LogP contribution in [0.1, 0.15) is 66.8 Å². The third-order valence-electron chi connectivity index (χ3n) is 15.8. The van der Waals surface area contributed by atoms with Crippen LogP contribution in [0.25, 0.3) is 0 Å². The molecule has 0 saturated heterocycles. The van der Waals surface area contributed by atoms with Crippen molar-refractivity contribution in [1.29, 1.82) is 0 Å². The van der Waals surface area contributed by atoms with Crippen LogP contribution >= 0.6 is 50.5 Å². The Bertz CT molecular complexity index is 3590. The van der Waals surface area contributed by atoms with Gasteiger partial charge in [0, 0.05) is 0 Å². The molecule has 8 heteroatoms. The molecule has 0 N–H and O–H groups in total. The first kappa shape index (κ1) is 81.5. The molecule has 0 fully saturated rings. The second kappa shape index (κ2) is 44.0. The molecule has 506 valence electrons. The Morgan fingerprint density at radius 3 is 0.320 bits per heavy atom. The first-order chi connectivity index (χ1) is 48.4. The van der Waals surface area contributed by atoms with E-state index < -0.39 is 31.7 Å². The van der Waals surface area contributed by atoms with Crippen molar-refractivity contribution in [3.05, 3.63) is 371 Å². The van der Waals surface area contributed by atoms with E-state index in [1.807, 2.05) is 11.8 Å². The fraction of sp³-hybridized carbons (Fsp3) is 0.130. The molecule has 0 bridgehead atoms. The maximum absolute atomic E-state index is 6.28. The minimum absolute atomic E-state index is 0.483. The first-order valence-electron chi connectivity index (χ1n) is 32.5. The summed E-state index contributed by atoms with van der Waals surface area (Å²) in [6.45, 7) is 25.7. The van der Waals surface area contributed by atoms with Gasteiger partial charge in [-0.25, -0.2) is 11.8 Å². The Morgan fingerprint density at radius 1 is 0.170 bits per heavy atom. The van der Waals surface area contributed by atoms with Crippen molar-refractivity contribution >= 4 is 114 Å². The molecule has 0 aromatic heterocycles. The summed E-state index contributed by atoms with van der Waals surface area (Å²) >= 11 is 3.22. The van der Waals surface area contributed by atoms with Crippen LogP contribution in [-0.4, -0.2) is 0 Å². The van der Waals surface area contributed by atoms with Crippen LogP contribution in [0.2, 0.25) is 0 Å². The minimum atomic E-state index is -0.483. The zero-order valence-corrected chi connectivity index (χ0v) is 68.5. The molecule has 0 spiro atoms. The van der Waals surface area contributed by atoms with E-state index in [0.717, 1.165) is 0 Å². The SMILES string of the molecule is Cc1ccc(P(c2ccc(C)cc2)c2ccc(C)cc2)cc1.Cc1ccc(P(c2ccc(C)cc2)c2ccc(C)cc2)cc1.Cc1ccc(P(c2ccc(C)cc2)c2ccc(C)cc2)cc1.Cc1ccc(P(c2ccc(C)cc2)c2ccc(C)cc2)cc1.[C-]#CC#CC#CC#[C-].[Cl][Pt+].[Cl][Pt+]. The molecule has 0 aliphatic heterocycles. The van der Waals surface area contributed by atoms with Crippen molar-refractivity contribution in [2.75, 3.05) is 0 Å². The average Bonchev–Trinajstić information content (AvgIpc) is 0.833. The standard InChI is InChI=1S/4C21H21P.C8.2ClH.2Pt/c4*1-16-4-10-19(11-5-16)22(20-12-6-17(2)7-13-20)21-14-8-18(3)9-15-21;1-3-5-7-8-6-4-2;;;;/h4*4-15H,1-3H3;;2*1H;;/q;;;;-2;;;2*+2/p-2. The number of hydrogen-bond donors (Lipinski definition) is 0. The van der Waals surface area contributed by atoms with Gasteiger partial charge in [-0.3, -0.25) is 11.8 Å². The van der Waals surface area contributed by atoms with Crippen LogP contribution in [0.15, 0.2) is 291 Å². The van der Waals surface area contributed by atoms with Crippen molar-refractivity contribution < 1.29 is 37.5 Å². The summed E-state index contributed by atoms with van der Waals surface area (Å²) in [6, 6.07) is 108. The van der Waals surface area contributed by atoms with E-state index in [9.17, 15) is 0 Å². The van der Waals surface area contributed by atoms with Gasteiger partial charge in [0.15, 0.2) is 0 Å². The van der Waals surface area contributed by atoms with Gasteiger partial charge in [-0.1, -0.05) is 358 Å². The van der Waals surface area contributed by atoms with E-state index in [-0.39, 0.29) is 0 Å². The Hall–Kier alpha value is -7.44. The van der Waals surface area contributed by atoms with Gasteiger partial charge in [0.25, 0.3) is 0 Å². The van der Waals surface area contributed by atoms with Gasteiger partial charge in [-0.2, -0.15) is 0 Å². The molecule has 0 unspecified atom stereocenters. The molecule has 100 heavy (non-hydrogen) atoms. The molecule has 0 amide bonds. The van der Waals surface area contributed by atoms with E-state index in [1.54, 1.807) is 37.5 Å². The van der Waals surface area contributed by atoms with Crippen molar-refractivity contribution in [3.63, 3.8) is 0 Å². The van der Waals surface area contributed by atoms with E-state index in [0.29, 0.717) is 0 Å². The van der Waals surface area contributed by atoms with Crippen molar-refractivity contribution in [3.8, 4) is 35.5 Å². The van der Waals surface area contributed by atoms with Crippen LogP contribution in [0.4, 0.5) is 0 Å². The fourth-order valence-corrected chi connectivity index (χ4v) is 19.2. The molecule has 0 heterocycles. The molecule has 0 aliphatic carbocycles. The van der Waals surface area contributed by atoms with Gasteiger partial charge < -0.3 is 12.8 Å². The zero-order valence-electron chi connectivity index (χ0n) is 58.9. The second-order valence-electron chi connectivity index (χ2n) is 24.1. The quantitative estimate of drug-likeness (QED) is 0.0650. The predicted molar refractivity (Wildman–Crippen MR) is 439 cm³/mol. The topological polar surface area (TPSA) is 0 Å². The van der Waals surface area contributed by atoms with Crippen molar-refractivity contribution in [2.45, 2.75) is 83.1 Å². The summed E-state index contributed by atoms with van der Waals surface area (Å²) < 4.78 is 0. The Morgan fingerprint density at radius 2 is 0.250 bits per heavy atom. The number of halogens is 2. The zero-order chi connectivity index (χ0) is 72.3. The van der Waals surface area contributed by atoms with Gasteiger partial charge in [-0.15, -0.1) is 11.8 Å². The van der Waals surface area contributed by atoms with Crippen molar-refractivity contribution in [2.24, 2.45) is 0 Å². The van der Waals surface area contributed by atoms with E-state index in [2.05, 4.69) is 417 Å². The Balaban J connectivity index is 0.000000199. The molecule has 0 saturated carbocycles. The second-order valence-corrected chi connectivity index (χ2v) is 33.0. The molecule has 0 nitrogen and oxygen atoms in total. The molecule has 12 aromatic carbocycles. The van der Waals surface area contributed by atoms with Gasteiger partial charge in [0.1, 0.15) is 0 Å². The van der Waals surface area contributed by atoms with Crippen LogP contribution < -0.4 is 63.7 Å². The van der Waals surface area contributed by atoms with Crippen LogP contribution in [-0.2, 0) is 37.5 Å². The van der Waals surface area contributed by atoms with Crippen molar-refractivity contribution in [1.82, 2.24) is 0 Å². The Kier molecular flexibility index (Phi) is 35.9. The number of aryl methyl sites for hydroxylation is 12. The molecular weight excluding hydrogens is 1690 g/mol. The summed E-state index contributed by atoms with van der Waals surface area (Å²) in [6.07, 6.45) is 12.6. The summed E-state index contributed by atoms with van der Waals surface area (Å²) in [5, 5.41) is 16.9. The molecule has 12 aromatic rings. The van der Waals surface area contributed by atoms with Crippen LogP contribution in [0.3, 0.4) is 0 Å². The van der Waals surface area contributed by atoms with Gasteiger partial charge in [0.05, 0.1) is 0 Å². The third-order valence-corrected chi connectivity index (χ3v) is 25.6. The molecule has 0 radical (unpaired) electrons. The maximum atomic E-state index is 6.28. The summed E-state index contributed by atoms with van der Waals surface area (Å²) in [5.41, 5.74) is 15.7. The summed E-state index contributed by atoms with van der Waals surface area (Å²) in [7, 11) is 7.29. The van der Waals surface area contributed by atoms with Gasteiger partial charge in [-0.05, 0) is 178 Å². The van der Waals surface area contributed by atoms with Gasteiger partial charge in [0.2, 0.25) is 0 Å². The molecule has 12 rings (SSSR count). The normalized spacial score (nSPS) is 10.0. The summed E-state index contributed by atoms with van der Waals surface area (Å²) in [4.78, 5) is 0. The van der Waals surface area contributed by atoms with Crippen LogP contribution in [0, 0.1) is 131 Å². The van der Waals surface area contributed by atoms with Crippen LogP contribution in [0.5, 0.6) is 0 Å². The van der Waals surface area contributed by atoms with E-state index in [4.69, 9.17) is 12.8 Å².